The number of hydrogen-bond acceptors (Lipinski definition) is 6. The molecule has 1 saturated heterocycles. The second-order valence-electron chi connectivity index (χ2n) is 7.09. The Balaban J connectivity index is 1.69. The SMILES string of the molecule is COc1ccc(C(=O)N[C@@H]2CCOC[C@]23CC(C(=O)NC(C)C)=NO3)cc1. The lowest BCUT2D eigenvalue weighted by Crippen LogP contribution is -2.59. The number of rotatable bonds is 5. The second-order valence-corrected chi connectivity index (χ2v) is 7.09. The minimum atomic E-state index is -0.857. The van der Waals surface area contributed by atoms with Gasteiger partial charge in [-0.1, -0.05) is 5.16 Å². The van der Waals surface area contributed by atoms with Crippen LogP contribution in [0.4, 0.5) is 0 Å². The molecule has 2 atom stereocenters. The van der Waals surface area contributed by atoms with E-state index in [1.165, 1.54) is 0 Å². The van der Waals surface area contributed by atoms with Crippen LogP contribution in [0.2, 0.25) is 0 Å². The monoisotopic (exact) mass is 375 g/mol. The van der Waals surface area contributed by atoms with Gasteiger partial charge >= 0.3 is 0 Å². The number of nitrogens with zero attached hydrogens (tertiary/aromatic N) is 1. The highest BCUT2D eigenvalue weighted by molar-refractivity contribution is 6.39. The van der Waals surface area contributed by atoms with E-state index in [2.05, 4.69) is 15.8 Å². The van der Waals surface area contributed by atoms with Crippen LogP contribution in [0.3, 0.4) is 0 Å². The number of hydrogen-bond donors (Lipinski definition) is 2. The summed E-state index contributed by atoms with van der Waals surface area (Å²) in [6.45, 7) is 4.53. The van der Waals surface area contributed by atoms with Gasteiger partial charge in [0.15, 0.2) is 5.60 Å². The molecule has 27 heavy (non-hydrogen) atoms. The van der Waals surface area contributed by atoms with Crippen molar-refractivity contribution in [2.75, 3.05) is 20.3 Å². The van der Waals surface area contributed by atoms with E-state index in [-0.39, 0.29) is 30.5 Å². The van der Waals surface area contributed by atoms with Gasteiger partial charge in [-0.15, -0.1) is 0 Å². The quantitative estimate of drug-likeness (QED) is 0.807. The van der Waals surface area contributed by atoms with Gasteiger partial charge in [0.2, 0.25) is 0 Å². The molecule has 1 aromatic carbocycles. The normalized spacial score (nSPS) is 24.3. The zero-order valence-corrected chi connectivity index (χ0v) is 15.8. The first kappa shape index (κ1) is 19.2. The van der Waals surface area contributed by atoms with Gasteiger partial charge in [0.25, 0.3) is 11.8 Å². The number of oxime groups is 1. The topological polar surface area (TPSA) is 98.2 Å². The first-order valence-electron chi connectivity index (χ1n) is 9.02. The lowest BCUT2D eigenvalue weighted by atomic mass is 9.85. The molecule has 1 aromatic rings. The Morgan fingerprint density at radius 1 is 1.26 bits per heavy atom. The van der Waals surface area contributed by atoms with Crippen molar-refractivity contribution in [2.24, 2.45) is 5.16 Å². The van der Waals surface area contributed by atoms with E-state index in [0.29, 0.717) is 36.5 Å². The van der Waals surface area contributed by atoms with Gasteiger partial charge in [0.05, 0.1) is 19.8 Å². The Hall–Kier alpha value is -2.61. The van der Waals surface area contributed by atoms with E-state index in [4.69, 9.17) is 14.3 Å². The first-order valence-corrected chi connectivity index (χ1v) is 9.02. The standard InChI is InChI=1S/C19H25N3O5/c1-12(2)20-18(24)15-10-19(27-22-15)11-26-9-8-16(19)21-17(23)13-4-6-14(25-3)7-5-13/h4-7,12,16H,8-11H2,1-3H3,(H,20,24)(H,21,23)/t16-,19-/m1/s1. The van der Waals surface area contributed by atoms with E-state index in [1.54, 1.807) is 31.4 Å². The van der Waals surface area contributed by atoms with E-state index in [9.17, 15) is 9.59 Å². The molecule has 2 heterocycles. The van der Waals surface area contributed by atoms with Crippen LogP contribution in [0.15, 0.2) is 29.4 Å². The van der Waals surface area contributed by atoms with Crippen molar-refractivity contribution in [1.29, 1.82) is 0 Å². The van der Waals surface area contributed by atoms with E-state index in [1.807, 2.05) is 13.8 Å². The molecule has 0 radical (unpaired) electrons. The molecule has 2 aliphatic rings. The van der Waals surface area contributed by atoms with E-state index >= 15 is 0 Å². The maximum atomic E-state index is 12.6. The van der Waals surface area contributed by atoms with E-state index < -0.39 is 5.60 Å². The molecule has 8 heteroatoms. The molecule has 0 aromatic heterocycles. The van der Waals surface area contributed by atoms with Crippen LogP contribution < -0.4 is 15.4 Å². The molecular formula is C19H25N3O5. The fourth-order valence-electron chi connectivity index (χ4n) is 3.22. The van der Waals surface area contributed by atoms with Crippen LogP contribution in [0.25, 0.3) is 0 Å². The molecule has 8 nitrogen and oxygen atoms in total. The summed E-state index contributed by atoms with van der Waals surface area (Å²) in [4.78, 5) is 30.5. The number of nitrogens with one attached hydrogen (secondary N) is 2. The minimum Gasteiger partial charge on any atom is -0.497 e. The molecule has 0 aliphatic carbocycles. The lowest BCUT2D eigenvalue weighted by Gasteiger charge is -2.38. The first-order chi connectivity index (χ1) is 12.9. The van der Waals surface area contributed by atoms with Crippen molar-refractivity contribution in [1.82, 2.24) is 10.6 Å². The number of ether oxygens (including phenoxy) is 2. The van der Waals surface area contributed by atoms with Gasteiger partial charge in [-0.3, -0.25) is 9.59 Å². The predicted octanol–water partition coefficient (Wildman–Crippen LogP) is 1.25. The molecule has 0 bridgehead atoms. The predicted molar refractivity (Wildman–Crippen MR) is 98.8 cm³/mol. The van der Waals surface area contributed by atoms with Crippen molar-refractivity contribution in [3.63, 3.8) is 0 Å². The Morgan fingerprint density at radius 2 is 2.00 bits per heavy atom. The van der Waals surface area contributed by atoms with Crippen molar-refractivity contribution in [3.8, 4) is 5.75 Å². The average Bonchev–Trinajstić information content (AvgIpc) is 3.08. The van der Waals surface area contributed by atoms with Gasteiger partial charge in [-0.25, -0.2) is 0 Å². The van der Waals surface area contributed by atoms with Gasteiger partial charge in [-0.2, -0.15) is 0 Å². The summed E-state index contributed by atoms with van der Waals surface area (Å²) in [5, 5.41) is 9.80. The van der Waals surface area contributed by atoms with Crippen LogP contribution in [0, 0.1) is 0 Å². The molecule has 0 unspecified atom stereocenters. The highest BCUT2D eigenvalue weighted by Crippen LogP contribution is 2.33. The third-order valence-electron chi connectivity index (χ3n) is 4.68. The second kappa shape index (κ2) is 7.96. The Kier molecular flexibility index (Phi) is 5.65. The van der Waals surface area contributed by atoms with Crippen LogP contribution >= 0.6 is 0 Å². The lowest BCUT2D eigenvalue weighted by molar-refractivity contribution is -0.128. The highest BCUT2D eigenvalue weighted by atomic mass is 16.7. The number of benzene rings is 1. The van der Waals surface area contributed by atoms with Crippen LogP contribution in [-0.2, 0) is 14.4 Å². The van der Waals surface area contributed by atoms with E-state index in [0.717, 1.165) is 0 Å². The van der Waals surface area contributed by atoms with Crippen LogP contribution in [0.1, 0.15) is 37.0 Å². The molecule has 1 fully saturated rings. The highest BCUT2D eigenvalue weighted by Gasteiger charge is 2.50. The fraction of sp³-hybridized carbons (Fsp3) is 0.526. The van der Waals surface area contributed by atoms with Gasteiger partial charge in [0, 0.05) is 24.6 Å². The zero-order valence-electron chi connectivity index (χ0n) is 15.8. The number of amides is 2. The van der Waals surface area contributed by atoms with Gasteiger partial charge < -0.3 is 24.9 Å². The number of carbonyl (C=O) groups is 2. The number of carbonyl (C=O) groups excluding carboxylic acids is 2. The third kappa shape index (κ3) is 4.21. The summed E-state index contributed by atoms with van der Waals surface area (Å²) in [6.07, 6.45) is 0.871. The van der Waals surface area contributed by atoms with Gasteiger partial charge in [-0.05, 0) is 44.5 Å². The molecule has 3 rings (SSSR count). The summed E-state index contributed by atoms with van der Waals surface area (Å²) < 4.78 is 10.7. The summed E-state index contributed by atoms with van der Waals surface area (Å²) in [6, 6.07) is 6.57. The van der Waals surface area contributed by atoms with Gasteiger partial charge in [0.1, 0.15) is 11.5 Å². The van der Waals surface area contributed by atoms with Crippen molar-refractivity contribution in [2.45, 2.75) is 44.4 Å². The smallest absolute Gasteiger partial charge is 0.269 e. The Bertz CT molecular complexity index is 731. The average molecular weight is 375 g/mol. The molecule has 146 valence electrons. The molecule has 2 amide bonds. The summed E-state index contributed by atoms with van der Waals surface area (Å²) in [7, 11) is 1.57. The molecule has 2 N–H and O–H groups in total. The number of methoxy groups -OCH3 is 1. The van der Waals surface area contributed by atoms with Crippen molar-refractivity contribution in [3.05, 3.63) is 29.8 Å². The largest absolute Gasteiger partial charge is 0.497 e. The summed E-state index contributed by atoms with van der Waals surface area (Å²) in [5.74, 6) is 0.211. The Morgan fingerprint density at radius 3 is 2.67 bits per heavy atom. The summed E-state index contributed by atoms with van der Waals surface area (Å²) in [5.41, 5.74) is -0.0173. The maximum Gasteiger partial charge on any atom is 0.269 e. The molecular weight excluding hydrogens is 350 g/mol. The fourth-order valence-corrected chi connectivity index (χ4v) is 3.22. The minimum absolute atomic E-state index is 0.00456. The van der Waals surface area contributed by atoms with Crippen LogP contribution in [0.5, 0.6) is 5.75 Å². The Labute approximate surface area is 158 Å². The third-order valence-corrected chi connectivity index (χ3v) is 4.68. The molecule has 1 spiro atoms. The molecule has 2 aliphatic heterocycles. The summed E-state index contributed by atoms with van der Waals surface area (Å²) >= 11 is 0. The van der Waals surface area contributed by atoms with Crippen molar-refractivity contribution >= 4 is 17.5 Å². The maximum absolute atomic E-state index is 12.6. The van der Waals surface area contributed by atoms with Crippen molar-refractivity contribution < 1.29 is 23.9 Å². The zero-order chi connectivity index (χ0) is 19.4. The molecule has 0 saturated carbocycles. The van der Waals surface area contributed by atoms with Crippen LogP contribution in [-0.4, -0.2) is 55.5 Å².